The van der Waals surface area contributed by atoms with Crippen molar-refractivity contribution in [3.05, 3.63) is 47.5 Å². The lowest BCUT2D eigenvalue weighted by Gasteiger charge is -2.29. The number of hydrogen-bond acceptors (Lipinski definition) is 5. The molecule has 7 nitrogen and oxygen atoms in total. The minimum atomic E-state index is -1.02. The molecule has 2 aromatic carbocycles. The van der Waals surface area contributed by atoms with Gasteiger partial charge in [0.2, 0.25) is 5.91 Å². The Morgan fingerprint density at radius 3 is 2.50 bits per heavy atom. The van der Waals surface area contributed by atoms with Crippen molar-refractivity contribution in [2.75, 3.05) is 22.6 Å². The summed E-state index contributed by atoms with van der Waals surface area (Å²) >= 11 is 7.46. The van der Waals surface area contributed by atoms with Crippen molar-refractivity contribution in [3.8, 4) is 0 Å². The van der Waals surface area contributed by atoms with Crippen molar-refractivity contribution in [2.24, 2.45) is 0 Å². The fourth-order valence-electron chi connectivity index (χ4n) is 3.36. The van der Waals surface area contributed by atoms with Gasteiger partial charge in [0.15, 0.2) is 4.87 Å². The van der Waals surface area contributed by atoms with E-state index in [1.54, 1.807) is 41.3 Å². The molecule has 1 atom stereocenters. The second-order valence-corrected chi connectivity index (χ2v) is 8.13. The van der Waals surface area contributed by atoms with Crippen LogP contribution >= 0.6 is 23.4 Å². The molecule has 2 aliphatic heterocycles. The molecule has 0 bridgehead atoms. The number of methoxy groups -OCH3 is 1. The fraction of sp³-hybridized carbons (Fsp3) is 0.211. The number of ether oxygens (including phenoxy) is 1. The first-order chi connectivity index (χ1) is 13.4. The maximum atomic E-state index is 13.2. The highest BCUT2D eigenvalue weighted by atomic mass is 35.5. The van der Waals surface area contributed by atoms with E-state index in [0.717, 1.165) is 4.90 Å². The number of nitrogens with one attached hydrogen (secondary N) is 2. The Balaban J connectivity index is 1.56. The SMILES string of the molecule is COC(=O)Nc1ccc(NC(=O)C23CCC(=O)N2c2cc(Cl)ccc2S3)cc1. The van der Waals surface area contributed by atoms with E-state index in [0.29, 0.717) is 34.9 Å². The maximum Gasteiger partial charge on any atom is 0.411 e. The first kappa shape index (κ1) is 18.6. The average Bonchev–Trinajstić information content (AvgIpc) is 3.19. The predicted octanol–water partition coefficient (Wildman–Crippen LogP) is 4.09. The van der Waals surface area contributed by atoms with Crippen molar-refractivity contribution in [3.63, 3.8) is 0 Å². The van der Waals surface area contributed by atoms with Crippen LogP contribution in [0.1, 0.15) is 12.8 Å². The average molecular weight is 418 g/mol. The Morgan fingerprint density at radius 2 is 1.82 bits per heavy atom. The summed E-state index contributed by atoms with van der Waals surface area (Å²) in [5.41, 5.74) is 1.77. The molecule has 144 valence electrons. The Kier molecular flexibility index (Phi) is 4.68. The first-order valence-corrected chi connectivity index (χ1v) is 9.70. The van der Waals surface area contributed by atoms with Crippen LogP contribution in [0.15, 0.2) is 47.4 Å². The minimum absolute atomic E-state index is 0.0960. The summed E-state index contributed by atoms with van der Waals surface area (Å²) in [6.07, 6.45) is 0.139. The molecule has 1 fully saturated rings. The zero-order valence-electron chi connectivity index (χ0n) is 14.8. The lowest BCUT2D eigenvalue weighted by molar-refractivity contribution is -0.121. The number of fused-ring (bicyclic) bond motifs is 3. The summed E-state index contributed by atoms with van der Waals surface area (Å²) < 4.78 is 4.54. The van der Waals surface area contributed by atoms with Crippen LogP contribution in [0.4, 0.5) is 21.9 Å². The van der Waals surface area contributed by atoms with E-state index in [-0.39, 0.29) is 11.8 Å². The Bertz CT molecular complexity index is 982. The van der Waals surface area contributed by atoms with E-state index in [2.05, 4.69) is 15.4 Å². The van der Waals surface area contributed by atoms with Crippen LogP contribution in [0.2, 0.25) is 5.02 Å². The Morgan fingerprint density at radius 1 is 1.14 bits per heavy atom. The molecule has 0 aromatic heterocycles. The summed E-state index contributed by atoms with van der Waals surface area (Å²) in [5.74, 6) is -0.370. The third-order valence-electron chi connectivity index (χ3n) is 4.66. The van der Waals surface area contributed by atoms with Crippen molar-refractivity contribution in [1.29, 1.82) is 0 Å². The normalized spacial score (nSPS) is 19.8. The molecule has 2 heterocycles. The lowest BCUT2D eigenvalue weighted by atomic mass is 10.1. The Labute approximate surface area is 170 Å². The maximum absolute atomic E-state index is 13.2. The minimum Gasteiger partial charge on any atom is -0.453 e. The largest absolute Gasteiger partial charge is 0.453 e. The number of carbonyl (C=O) groups excluding carboxylic acids is 3. The topological polar surface area (TPSA) is 87.7 Å². The molecule has 9 heteroatoms. The molecule has 3 amide bonds. The van der Waals surface area contributed by atoms with Gasteiger partial charge in [-0.25, -0.2) is 4.79 Å². The number of halogens is 1. The Hall–Kier alpha value is -2.71. The van der Waals surface area contributed by atoms with Gasteiger partial charge in [-0.3, -0.25) is 19.8 Å². The third-order valence-corrected chi connectivity index (χ3v) is 6.37. The summed E-state index contributed by atoms with van der Waals surface area (Å²) in [6.45, 7) is 0. The quantitative estimate of drug-likeness (QED) is 0.785. The summed E-state index contributed by atoms with van der Waals surface area (Å²) in [4.78, 5) is 38.3. The van der Waals surface area contributed by atoms with Crippen molar-refractivity contribution in [1.82, 2.24) is 0 Å². The highest BCUT2D eigenvalue weighted by Gasteiger charge is 2.57. The molecule has 0 radical (unpaired) electrons. The van der Waals surface area contributed by atoms with Gasteiger partial charge in [0, 0.05) is 27.7 Å². The standard InChI is InChI=1S/C19H16ClN3O4S/c1-27-18(26)22-13-5-3-12(4-6-13)21-17(25)19-9-8-16(24)23(19)14-10-11(20)2-7-15(14)28-19/h2-7,10H,8-9H2,1H3,(H,21,25)(H,22,26). The number of rotatable bonds is 3. The number of amides is 3. The van der Waals surface area contributed by atoms with Crippen LogP contribution in [0.5, 0.6) is 0 Å². The zero-order valence-corrected chi connectivity index (χ0v) is 16.4. The third kappa shape index (κ3) is 3.08. The number of benzene rings is 2. The van der Waals surface area contributed by atoms with E-state index in [1.165, 1.54) is 18.9 Å². The van der Waals surface area contributed by atoms with Crippen LogP contribution in [0.25, 0.3) is 0 Å². The monoisotopic (exact) mass is 417 g/mol. The van der Waals surface area contributed by atoms with Gasteiger partial charge in [0.25, 0.3) is 5.91 Å². The molecule has 2 aromatic rings. The smallest absolute Gasteiger partial charge is 0.411 e. The van der Waals surface area contributed by atoms with E-state index >= 15 is 0 Å². The molecule has 0 saturated carbocycles. The van der Waals surface area contributed by atoms with Crippen molar-refractivity contribution >= 4 is 58.3 Å². The van der Waals surface area contributed by atoms with E-state index in [1.807, 2.05) is 6.07 Å². The van der Waals surface area contributed by atoms with Gasteiger partial charge in [-0.1, -0.05) is 23.4 Å². The fourth-order valence-corrected chi connectivity index (χ4v) is 4.92. The highest BCUT2D eigenvalue weighted by Crippen LogP contribution is 2.56. The van der Waals surface area contributed by atoms with Crippen LogP contribution in [0, 0.1) is 0 Å². The van der Waals surface area contributed by atoms with Gasteiger partial charge in [0.1, 0.15) is 0 Å². The second kappa shape index (κ2) is 7.03. The summed E-state index contributed by atoms with van der Waals surface area (Å²) in [5, 5.41) is 5.94. The molecule has 1 saturated heterocycles. The van der Waals surface area contributed by atoms with Crippen molar-refractivity contribution < 1.29 is 19.1 Å². The molecular formula is C19H16ClN3O4S. The number of anilines is 3. The zero-order chi connectivity index (χ0) is 19.9. The van der Waals surface area contributed by atoms with E-state index in [4.69, 9.17) is 11.6 Å². The number of hydrogen-bond donors (Lipinski definition) is 2. The molecule has 0 aliphatic carbocycles. The predicted molar refractivity (Wildman–Crippen MR) is 108 cm³/mol. The number of nitrogens with zero attached hydrogens (tertiary/aromatic N) is 1. The molecular weight excluding hydrogens is 402 g/mol. The number of carbonyl (C=O) groups is 3. The van der Waals surface area contributed by atoms with E-state index < -0.39 is 11.0 Å². The van der Waals surface area contributed by atoms with Crippen LogP contribution in [-0.4, -0.2) is 29.9 Å². The molecule has 0 spiro atoms. The second-order valence-electron chi connectivity index (χ2n) is 6.38. The highest BCUT2D eigenvalue weighted by molar-refractivity contribution is 8.02. The molecule has 28 heavy (non-hydrogen) atoms. The van der Waals surface area contributed by atoms with Crippen molar-refractivity contribution in [2.45, 2.75) is 22.6 Å². The van der Waals surface area contributed by atoms with Crippen LogP contribution in [0.3, 0.4) is 0 Å². The molecule has 1 unspecified atom stereocenters. The van der Waals surface area contributed by atoms with E-state index in [9.17, 15) is 14.4 Å². The van der Waals surface area contributed by atoms with Crippen LogP contribution < -0.4 is 15.5 Å². The number of thioether (sulfide) groups is 1. The van der Waals surface area contributed by atoms with Gasteiger partial charge in [-0.15, -0.1) is 0 Å². The lowest BCUT2D eigenvalue weighted by Crippen LogP contribution is -2.49. The van der Waals surface area contributed by atoms with Gasteiger partial charge in [0.05, 0.1) is 12.8 Å². The van der Waals surface area contributed by atoms with Gasteiger partial charge in [-0.2, -0.15) is 0 Å². The van der Waals surface area contributed by atoms with Gasteiger partial charge < -0.3 is 10.1 Å². The summed E-state index contributed by atoms with van der Waals surface area (Å²) in [6, 6.07) is 11.9. The van der Waals surface area contributed by atoms with Crippen LogP contribution in [-0.2, 0) is 14.3 Å². The molecule has 4 rings (SSSR count). The summed E-state index contributed by atoms with van der Waals surface area (Å²) in [7, 11) is 1.28. The molecule has 2 N–H and O–H groups in total. The van der Waals surface area contributed by atoms with Gasteiger partial charge >= 0.3 is 6.09 Å². The first-order valence-electron chi connectivity index (χ1n) is 8.51. The van der Waals surface area contributed by atoms with Gasteiger partial charge in [-0.05, 0) is 48.9 Å². The molecule has 2 aliphatic rings.